The highest BCUT2D eigenvalue weighted by Gasteiger charge is 2.42. The Hall–Kier alpha value is -1.39. The molecule has 88 valence electrons. The summed E-state index contributed by atoms with van der Waals surface area (Å²) in [6.07, 6.45) is 5.55. The van der Waals surface area contributed by atoms with E-state index >= 15 is 0 Å². The molecule has 2 aliphatic rings. The highest BCUT2D eigenvalue weighted by molar-refractivity contribution is 5.73. The van der Waals surface area contributed by atoms with E-state index in [1.807, 2.05) is 5.01 Å². The van der Waals surface area contributed by atoms with Crippen LogP contribution < -0.4 is 5.73 Å². The number of azo groups is 1. The van der Waals surface area contributed by atoms with Crippen LogP contribution in [0.4, 0.5) is 0 Å². The van der Waals surface area contributed by atoms with Gasteiger partial charge in [0.05, 0.1) is 5.70 Å². The molecule has 0 radical (unpaired) electrons. The third-order valence-corrected chi connectivity index (χ3v) is 3.15. The second-order valence-corrected chi connectivity index (χ2v) is 5.03. The van der Waals surface area contributed by atoms with Crippen LogP contribution >= 0.6 is 0 Å². The molecular formula is C11H19N5. The zero-order valence-corrected chi connectivity index (χ0v) is 10.1. The maximum absolute atomic E-state index is 5.87. The van der Waals surface area contributed by atoms with Gasteiger partial charge in [-0.1, -0.05) is 27.2 Å². The Morgan fingerprint density at radius 3 is 2.88 bits per heavy atom. The summed E-state index contributed by atoms with van der Waals surface area (Å²) in [4.78, 5) is 0. The lowest BCUT2D eigenvalue weighted by atomic mass is 9.84. The van der Waals surface area contributed by atoms with Crippen LogP contribution in [0.15, 0.2) is 27.1 Å². The number of allylic oxidation sites excluding steroid dienone is 1. The van der Waals surface area contributed by atoms with Crippen LogP contribution in [0.1, 0.15) is 33.6 Å². The van der Waals surface area contributed by atoms with Crippen molar-refractivity contribution in [1.82, 2.24) is 5.01 Å². The molecule has 0 amide bonds. The summed E-state index contributed by atoms with van der Waals surface area (Å²) in [5.41, 5.74) is 6.66. The first-order valence-electron chi connectivity index (χ1n) is 5.74. The molecule has 0 fully saturated rings. The minimum absolute atomic E-state index is 0.000880. The zero-order valence-electron chi connectivity index (χ0n) is 10.1. The summed E-state index contributed by atoms with van der Waals surface area (Å²) >= 11 is 0. The molecule has 2 aliphatic heterocycles. The van der Waals surface area contributed by atoms with Crippen molar-refractivity contribution < 1.29 is 0 Å². The van der Waals surface area contributed by atoms with E-state index < -0.39 is 0 Å². The first-order valence-corrected chi connectivity index (χ1v) is 5.74. The van der Waals surface area contributed by atoms with E-state index in [2.05, 4.69) is 36.1 Å². The summed E-state index contributed by atoms with van der Waals surface area (Å²) in [6.45, 7) is 6.58. The van der Waals surface area contributed by atoms with Gasteiger partial charge in [0.1, 0.15) is 0 Å². The fourth-order valence-electron chi connectivity index (χ4n) is 2.28. The lowest BCUT2D eigenvalue weighted by Crippen LogP contribution is -2.44. The van der Waals surface area contributed by atoms with Crippen LogP contribution in [0.25, 0.3) is 0 Å². The molecule has 0 aliphatic carbocycles. The second-order valence-electron chi connectivity index (χ2n) is 5.03. The number of rotatable bonds is 3. The van der Waals surface area contributed by atoms with Gasteiger partial charge in [-0.05, 0) is 12.5 Å². The second kappa shape index (κ2) is 3.88. The quantitative estimate of drug-likeness (QED) is 0.792. The van der Waals surface area contributed by atoms with Crippen molar-refractivity contribution in [1.29, 1.82) is 0 Å². The number of fused-ring (bicyclic) bond motifs is 1. The third kappa shape index (κ3) is 1.70. The van der Waals surface area contributed by atoms with E-state index in [9.17, 15) is 0 Å². The summed E-state index contributed by atoms with van der Waals surface area (Å²) in [6, 6.07) is 0. The van der Waals surface area contributed by atoms with Gasteiger partial charge in [0.2, 0.25) is 0 Å². The van der Waals surface area contributed by atoms with E-state index in [0.29, 0.717) is 5.70 Å². The molecule has 0 aromatic heterocycles. The lowest BCUT2D eigenvalue weighted by molar-refractivity contribution is 0.0931. The zero-order chi connectivity index (χ0) is 11.8. The van der Waals surface area contributed by atoms with Crippen molar-refractivity contribution >= 4 is 6.21 Å². The Kier molecular flexibility index (Phi) is 2.69. The maximum Gasteiger partial charge on any atom is 0.199 e. The molecule has 0 aromatic carbocycles. The van der Waals surface area contributed by atoms with Crippen LogP contribution in [-0.4, -0.2) is 23.6 Å². The van der Waals surface area contributed by atoms with Gasteiger partial charge in [0.25, 0.3) is 0 Å². The molecule has 2 atom stereocenters. The average molecular weight is 221 g/mol. The molecule has 0 saturated carbocycles. The van der Waals surface area contributed by atoms with Gasteiger partial charge in [-0.2, -0.15) is 15.3 Å². The molecule has 2 rings (SSSR count). The minimum Gasteiger partial charge on any atom is -0.399 e. The molecular weight excluding hydrogens is 202 g/mol. The Balaban J connectivity index is 2.19. The van der Waals surface area contributed by atoms with Crippen molar-refractivity contribution in [3.05, 3.63) is 11.8 Å². The maximum atomic E-state index is 5.87. The van der Waals surface area contributed by atoms with Crippen LogP contribution in [-0.2, 0) is 0 Å². The molecule has 0 saturated heterocycles. The van der Waals surface area contributed by atoms with Crippen LogP contribution in [0.2, 0.25) is 0 Å². The standard InChI is InChI=1S/C11H19N5/c1-4-6-11(2,3)10-15-14-9-8(12)5-7-13-16(9)10/h5,7,9-10H,4,6,12H2,1-3H3. The van der Waals surface area contributed by atoms with E-state index in [1.54, 1.807) is 12.3 Å². The number of nitrogens with two attached hydrogens (primary N) is 1. The van der Waals surface area contributed by atoms with Crippen LogP contribution in [0, 0.1) is 5.41 Å². The SMILES string of the molecule is CCCC(C)(C)C1N=NC2C(N)=CC=NN21. The van der Waals surface area contributed by atoms with Gasteiger partial charge in [-0.15, -0.1) is 0 Å². The summed E-state index contributed by atoms with van der Waals surface area (Å²) < 4.78 is 0. The molecule has 2 unspecified atom stereocenters. The summed E-state index contributed by atoms with van der Waals surface area (Å²) in [5.74, 6) is 0. The molecule has 5 nitrogen and oxygen atoms in total. The van der Waals surface area contributed by atoms with Gasteiger partial charge < -0.3 is 5.73 Å². The lowest BCUT2D eigenvalue weighted by Gasteiger charge is -2.35. The van der Waals surface area contributed by atoms with E-state index in [4.69, 9.17) is 5.73 Å². The van der Waals surface area contributed by atoms with Gasteiger partial charge >= 0.3 is 0 Å². The first-order chi connectivity index (χ1) is 7.56. The van der Waals surface area contributed by atoms with Crippen LogP contribution in [0.5, 0.6) is 0 Å². The molecule has 0 spiro atoms. The fraction of sp³-hybridized carbons (Fsp3) is 0.727. The van der Waals surface area contributed by atoms with E-state index in [-0.39, 0.29) is 17.7 Å². The van der Waals surface area contributed by atoms with Gasteiger partial charge in [0.15, 0.2) is 12.3 Å². The Labute approximate surface area is 96.1 Å². The minimum atomic E-state index is -0.189. The topological polar surface area (TPSA) is 66.3 Å². The van der Waals surface area contributed by atoms with Gasteiger partial charge in [-0.25, -0.2) is 5.01 Å². The van der Waals surface area contributed by atoms with E-state index in [0.717, 1.165) is 12.8 Å². The van der Waals surface area contributed by atoms with Gasteiger partial charge in [-0.3, -0.25) is 0 Å². The summed E-state index contributed by atoms with van der Waals surface area (Å²) in [7, 11) is 0. The molecule has 0 aromatic rings. The normalized spacial score (nSPS) is 28.2. The average Bonchev–Trinajstić information content (AvgIpc) is 2.63. The molecule has 2 N–H and O–H groups in total. The third-order valence-electron chi connectivity index (χ3n) is 3.15. The molecule has 2 heterocycles. The van der Waals surface area contributed by atoms with Crippen molar-refractivity contribution in [2.24, 2.45) is 26.5 Å². The molecule has 0 bridgehead atoms. The number of hydrogen-bond acceptors (Lipinski definition) is 5. The largest absolute Gasteiger partial charge is 0.399 e. The van der Waals surface area contributed by atoms with Crippen molar-refractivity contribution in [3.63, 3.8) is 0 Å². The monoisotopic (exact) mass is 221 g/mol. The fourth-order valence-corrected chi connectivity index (χ4v) is 2.28. The highest BCUT2D eigenvalue weighted by Crippen LogP contribution is 2.37. The van der Waals surface area contributed by atoms with Gasteiger partial charge in [0, 0.05) is 11.6 Å². The Morgan fingerprint density at radius 1 is 1.44 bits per heavy atom. The van der Waals surface area contributed by atoms with E-state index in [1.165, 1.54) is 0 Å². The highest BCUT2D eigenvalue weighted by atomic mass is 15.6. The molecule has 16 heavy (non-hydrogen) atoms. The smallest absolute Gasteiger partial charge is 0.199 e. The van der Waals surface area contributed by atoms with Crippen molar-refractivity contribution in [3.8, 4) is 0 Å². The number of nitrogens with zero attached hydrogens (tertiary/aromatic N) is 4. The Bertz CT molecular complexity index is 355. The van der Waals surface area contributed by atoms with Crippen molar-refractivity contribution in [2.45, 2.75) is 45.9 Å². The predicted molar refractivity (Wildman–Crippen MR) is 63.7 cm³/mol. The van der Waals surface area contributed by atoms with Crippen molar-refractivity contribution in [2.75, 3.05) is 0 Å². The summed E-state index contributed by atoms with van der Waals surface area (Å²) in [5, 5.41) is 14.8. The number of hydrogen-bond donors (Lipinski definition) is 1. The van der Waals surface area contributed by atoms with Crippen LogP contribution in [0.3, 0.4) is 0 Å². The Morgan fingerprint density at radius 2 is 2.19 bits per heavy atom. The first kappa shape index (κ1) is 11.1. The molecule has 5 heteroatoms. The number of hydrazone groups is 1. The predicted octanol–water partition coefficient (Wildman–Crippen LogP) is 2.07.